The Balaban J connectivity index is 1.51. The van der Waals surface area contributed by atoms with Crippen molar-refractivity contribution in [3.05, 3.63) is 53.9 Å². The zero-order valence-corrected chi connectivity index (χ0v) is 17.2. The quantitative estimate of drug-likeness (QED) is 0.672. The number of aromatic nitrogens is 2. The molecule has 30 heavy (non-hydrogen) atoms. The Labute approximate surface area is 174 Å². The first-order chi connectivity index (χ1) is 14.6. The van der Waals surface area contributed by atoms with Crippen molar-refractivity contribution in [3.63, 3.8) is 0 Å². The second-order valence-electron chi connectivity index (χ2n) is 7.21. The first-order valence-corrected chi connectivity index (χ1v) is 9.78. The highest BCUT2D eigenvalue weighted by molar-refractivity contribution is 5.90. The van der Waals surface area contributed by atoms with E-state index in [1.165, 1.54) is 0 Å². The zero-order chi connectivity index (χ0) is 21.1. The monoisotopic (exact) mass is 408 g/mol. The van der Waals surface area contributed by atoms with Gasteiger partial charge in [-0.1, -0.05) is 35.0 Å². The van der Waals surface area contributed by atoms with E-state index in [1.807, 2.05) is 31.2 Å². The van der Waals surface area contributed by atoms with E-state index in [0.29, 0.717) is 35.4 Å². The number of hydrogen-bond donors (Lipinski definition) is 1. The fraction of sp³-hybridized carbons (Fsp3) is 0.318. The predicted octanol–water partition coefficient (Wildman–Crippen LogP) is 4.43. The van der Waals surface area contributed by atoms with Crippen LogP contribution in [0, 0.1) is 6.92 Å². The van der Waals surface area contributed by atoms with Crippen LogP contribution in [0.4, 0.5) is 10.5 Å². The van der Waals surface area contributed by atoms with Crippen LogP contribution in [0.5, 0.6) is 11.5 Å². The number of likely N-dealkylation sites (tertiary alicyclic amines) is 1. The minimum Gasteiger partial charge on any atom is -0.497 e. The van der Waals surface area contributed by atoms with E-state index in [1.54, 1.807) is 37.3 Å². The molecule has 1 aliphatic rings. The van der Waals surface area contributed by atoms with Gasteiger partial charge >= 0.3 is 6.03 Å². The molecule has 1 N–H and O–H groups in total. The molecule has 0 radical (unpaired) electrons. The van der Waals surface area contributed by atoms with Crippen molar-refractivity contribution in [2.24, 2.45) is 0 Å². The van der Waals surface area contributed by atoms with Gasteiger partial charge in [0, 0.05) is 36.0 Å². The molecule has 156 valence electrons. The van der Waals surface area contributed by atoms with Crippen LogP contribution in [-0.2, 0) is 0 Å². The second-order valence-corrected chi connectivity index (χ2v) is 7.21. The van der Waals surface area contributed by atoms with Crippen molar-refractivity contribution < 1.29 is 18.8 Å². The van der Waals surface area contributed by atoms with Gasteiger partial charge in [-0.3, -0.25) is 0 Å². The number of carbonyl (C=O) groups excluding carboxylic acids is 1. The molecule has 0 saturated carbocycles. The van der Waals surface area contributed by atoms with Crippen LogP contribution in [-0.4, -0.2) is 41.8 Å². The minimum absolute atomic E-state index is 0.233. The standard InChI is InChI=1S/C22H24N4O4/c1-14-6-8-15(9-7-14)20-24-21(30-25-20)19-5-4-10-26(19)22(27)23-16-11-17(28-2)13-18(12-16)29-3/h6-9,11-13,19H,4-5,10H2,1-3H3,(H,23,27)/t19-/m0/s1. The highest BCUT2D eigenvalue weighted by Crippen LogP contribution is 2.33. The summed E-state index contributed by atoms with van der Waals surface area (Å²) in [6.45, 7) is 2.64. The molecule has 1 fully saturated rings. The third-order valence-corrected chi connectivity index (χ3v) is 5.15. The summed E-state index contributed by atoms with van der Waals surface area (Å²) in [5.74, 6) is 2.17. The molecule has 1 atom stereocenters. The maximum atomic E-state index is 13.0. The third-order valence-electron chi connectivity index (χ3n) is 5.15. The summed E-state index contributed by atoms with van der Waals surface area (Å²) in [4.78, 5) is 19.2. The molecule has 3 aromatic rings. The normalized spacial score (nSPS) is 15.8. The molecule has 4 rings (SSSR count). The van der Waals surface area contributed by atoms with Crippen molar-refractivity contribution in [2.45, 2.75) is 25.8 Å². The summed E-state index contributed by atoms with van der Waals surface area (Å²) < 4.78 is 16.1. The smallest absolute Gasteiger partial charge is 0.322 e. The molecule has 1 aromatic heterocycles. The Morgan fingerprint density at radius 3 is 2.50 bits per heavy atom. The summed E-state index contributed by atoms with van der Waals surface area (Å²) in [7, 11) is 3.14. The van der Waals surface area contributed by atoms with Crippen molar-refractivity contribution >= 4 is 11.7 Å². The molecule has 0 bridgehead atoms. The SMILES string of the molecule is COc1cc(NC(=O)N2CCC[C@H]2c2nc(-c3ccc(C)cc3)no2)cc(OC)c1. The number of anilines is 1. The maximum absolute atomic E-state index is 13.0. The van der Waals surface area contributed by atoms with Crippen LogP contribution in [0.25, 0.3) is 11.4 Å². The number of nitrogens with zero attached hydrogens (tertiary/aromatic N) is 3. The average molecular weight is 408 g/mol. The van der Waals surface area contributed by atoms with E-state index < -0.39 is 0 Å². The number of ether oxygens (including phenoxy) is 2. The fourth-order valence-corrected chi connectivity index (χ4v) is 3.53. The van der Waals surface area contributed by atoms with Gasteiger partial charge in [0.2, 0.25) is 11.7 Å². The molecule has 8 nitrogen and oxygen atoms in total. The highest BCUT2D eigenvalue weighted by Gasteiger charge is 2.34. The van der Waals surface area contributed by atoms with Crippen LogP contribution in [0.1, 0.15) is 30.3 Å². The zero-order valence-electron chi connectivity index (χ0n) is 17.2. The van der Waals surface area contributed by atoms with E-state index in [-0.39, 0.29) is 12.1 Å². The third kappa shape index (κ3) is 4.07. The number of amides is 2. The minimum atomic E-state index is -0.260. The number of nitrogens with one attached hydrogen (secondary N) is 1. The molecule has 0 unspecified atom stereocenters. The van der Waals surface area contributed by atoms with Crippen molar-refractivity contribution in [1.29, 1.82) is 0 Å². The number of benzene rings is 2. The second kappa shape index (κ2) is 8.44. The Morgan fingerprint density at radius 1 is 1.13 bits per heavy atom. The number of carbonyl (C=O) groups is 1. The highest BCUT2D eigenvalue weighted by atomic mass is 16.5. The average Bonchev–Trinajstić information content (AvgIpc) is 3.43. The molecule has 1 saturated heterocycles. The van der Waals surface area contributed by atoms with Crippen molar-refractivity contribution in [3.8, 4) is 22.9 Å². The van der Waals surface area contributed by atoms with Gasteiger partial charge in [-0.15, -0.1) is 0 Å². The Bertz CT molecular complexity index is 1010. The Kier molecular flexibility index (Phi) is 5.56. The first-order valence-electron chi connectivity index (χ1n) is 9.78. The molecular formula is C22H24N4O4. The first kappa shape index (κ1) is 19.8. The molecule has 1 aliphatic heterocycles. The largest absolute Gasteiger partial charge is 0.497 e. The lowest BCUT2D eigenvalue weighted by atomic mass is 10.1. The molecule has 0 spiro atoms. The van der Waals surface area contributed by atoms with Gasteiger partial charge in [-0.25, -0.2) is 4.79 Å². The maximum Gasteiger partial charge on any atom is 0.322 e. The molecular weight excluding hydrogens is 384 g/mol. The van der Waals surface area contributed by atoms with E-state index >= 15 is 0 Å². The number of aryl methyl sites for hydroxylation is 1. The van der Waals surface area contributed by atoms with Crippen LogP contribution in [0.3, 0.4) is 0 Å². The van der Waals surface area contributed by atoms with Gasteiger partial charge in [0.05, 0.1) is 14.2 Å². The van der Waals surface area contributed by atoms with Crippen LogP contribution < -0.4 is 14.8 Å². The van der Waals surface area contributed by atoms with Gasteiger partial charge in [-0.2, -0.15) is 4.98 Å². The fourth-order valence-electron chi connectivity index (χ4n) is 3.53. The Hall–Kier alpha value is -3.55. The topological polar surface area (TPSA) is 89.7 Å². The molecule has 2 aromatic carbocycles. The lowest BCUT2D eigenvalue weighted by Gasteiger charge is -2.22. The van der Waals surface area contributed by atoms with E-state index in [9.17, 15) is 4.79 Å². The summed E-state index contributed by atoms with van der Waals surface area (Å²) in [5.41, 5.74) is 2.64. The van der Waals surface area contributed by atoms with Crippen molar-refractivity contribution in [2.75, 3.05) is 26.1 Å². The van der Waals surface area contributed by atoms with E-state index in [4.69, 9.17) is 14.0 Å². The number of hydrogen-bond acceptors (Lipinski definition) is 6. The molecule has 8 heteroatoms. The number of urea groups is 1. The Morgan fingerprint density at radius 2 is 1.83 bits per heavy atom. The lowest BCUT2D eigenvalue weighted by molar-refractivity contribution is 0.193. The number of rotatable bonds is 5. The summed E-state index contributed by atoms with van der Waals surface area (Å²) in [6.07, 6.45) is 1.63. The predicted molar refractivity (Wildman–Crippen MR) is 112 cm³/mol. The van der Waals surface area contributed by atoms with Crippen LogP contribution in [0.15, 0.2) is 47.0 Å². The van der Waals surface area contributed by atoms with Crippen LogP contribution in [0.2, 0.25) is 0 Å². The number of methoxy groups -OCH3 is 2. The summed E-state index contributed by atoms with van der Waals surface area (Å²) in [6, 6.07) is 12.7. The summed E-state index contributed by atoms with van der Waals surface area (Å²) in [5, 5.41) is 7.02. The molecule has 2 amide bonds. The molecule has 2 heterocycles. The van der Waals surface area contributed by atoms with Gasteiger partial charge in [0.1, 0.15) is 17.5 Å². The molecule has 0 aliphatic carbocycles. The van der Waals surface area contributed by atoms with E-state index in [2.05, 4.69) is 15.5 Å². The van der Waals surface area contributed by atoms with Crippen molar-refractivity contribution in [1.82, 2.24) is 15.0 Å². The van der Waals surface area contributed by atoms with Crippen LogP contribution >= 0.6 is 0 Å². The van der Waals surface area contributed by atoms with Gasteiger partial charge < -0.3 is 24.2 Å². The van der Waals surface area contributed by atoms with Gasteiger partial charge in [0.25, 0.3) is 0 Å². The van der Waals surface area contributed by atoms with E-state index in [0.717, 1.165) is 24.0 Å². The lowest BCUT2D eigenvalue weighted by Crippen LogP contribution is -2.34. The van der Waals surface area contributed by atoms with Gasteiger partial charge in [-0.05, 0) is 19.8 Å². The van der Waals surface area contributed by atoms with Gasteiger partial charge in [0.15, 0.2) is 0 Å². The summed E-state index contributed by atoms with van der Waals surface area (Å²) >= 11 is 0.